The van der Waals surface area contributed by atoms with Gasteiger partial charge in [-0.2, -0.15) is 0 Å². The zero-order valence-electron chi connectivity index (χ0n) is 12.5. The summed E-state index contributed by atoms with van der Waals surface area (Å²) in [4.78, 5) is 36.5. The van der Waals surface area contributed by atoms with Crippen molar-refractivity contribution in [3.63, 3.8) is 0 Å². The number of hydrogen-bond donors (Lipinski definition) is 0. The molecule has 0 aromatic carbocycles. The number of hydrogen-bond acceptors (Lipinski definition) is 6. The fraction of sp³-hybridized carbons (Fsp3) is 0.312. The Morgan fingerprint density at radius 1 is 1.39 bits per heavy atom. The van der Waals surface area contributed by atoms with E-state index in [0.29, 0.717) is 29.3 Å². The Morgan fingerprint density at radius 3 is 3.00 bits per heavy atom. The molecule has 1 aliphatic carbocycles. The highest BCUT2D eigenvalue weighted by atomic mass is 79.9. The number of carbonyl (C=O) groups is 2. The van der Waals surface area contributed by atoms with E-state index in [4.69, 9.17) is 4.74 Å². The first-order valence-electron chi connectivity index (χ1n) is 7.27. The lowest BCUT2D eigenvalue weighted by molar-refractivity contribution is 0.0526. The van der Waals surface area contributed by atoms with Gasteiger partial charge in [0.25, 0.3) is 0 Å². The van der Waals surface area contributed by atoms with E-state index in [1.54, 1.807) is 25.4 Å². The van der Waals surface area contributed by atoms with Crippen molar-refractivity contribution in [3.8, 4) is 11.4 Å². The van der Waals surface area contributed by atoms with Gasteiger partial charge >= 0.3 is 5.97 Å². The highest BCUT2D eigenvalue weighted by molar-refractivity contribution is 9.10. The van der Waals surface area contributed by atoms with Crippen LogP contribution in [-0.2, 0) is 11.2 Å². The number of aryl methyl sites for hydroxylation is 1. The summed E-state index contributed by atoms with van der Waals surface area (Å²) in [7, 11) is 0. The van der Waals surface area contributed by atoms with E-state index in [-0.39, 0.29) is 10.6 Å². The monoisotopic (exact) mass is 375 g/mol. The van der Waals surface area contributed by atoms with Crippen molar-refractivity contribution in [1.82, 2.24) is 15.0 Å². The third-order valence-electron chi connectivity index (χ3n) is 3.56. The van der Waals surface area contributed by atoms with Crippen LogP contribution in [0.15, 0.2) is 24.7 Å². The molecule has 2 heterocycles. The normalized spacial score (nSPS) is 16.8. The molecule has 0 spiro atoms. The van der Waals surface area contributed by atoms with Crippen molar-refractivity contribution in [2.24, 2.45) is 0 Å². The summed E-state index contributed by atoms with van der Waals surface area (Å²) in [5, 5.41) is 0. The standard InChI is InChI=1S/C16H14BrN3O3/c1-2-23-16(22)11-5-10(6-18-7-11)15-19-8-9-3-4-12(17)14(21)13(9)20-15/h5-8,12H,2-4H2,1H3. The van der Waals surface area contributed by atoms with Crippen molar-refractivity contribution >= 4 is 27.7 Å². The maximum Gasteiger partial charge on any atom is 0.339 e. The summed E-state index contributed by atoms with van der Waals surface area (Å²) in [6.07, 6.45) is 6.17. The zero-order valence-corrected chi connectivity index (χ0v) is 14.0. The number of Topliss-reactive ketones (excluding diaryl/α,β-unsaturated/α-hetero) is 1. The predicted molar refractivity (Wildman–Crippen MR) is 86.6 cm³/mol. The largest absolute Gasteiger partial charge is 0.462 e. The molecule has 3 rings (SSSR count). The Balaban J connectivity index is 1.98. The average Bonchev–Trinajstić information content (AvgIpc) is 2.58. The summed E-state index contributed by atoms with van der Waals surface area (Å²) in [5.74, 6) is -0.113. The molecule has 0 amide bonds. The minimum atomic E-state index is -0.448. The molecule has 118 valence electrons. The maximum atomic E-state index is 12.2. The Morgan fingerprint density at radius 2 is 2.22 bits per heavy atom. The minimum absolute atomic E-state index is 0.0376. The number of halogens is 1. The Labute approximate surface area is 141 Å². The fourth-order valence-corrected chi connectivity index (χ4v) is 2.84. The van der Waals surface area contributed by atoms with Crippen LogP contribution in [0.3, 0.4) is 0 Å². The number of pyridine rings is 1. The van der Waals surface area contributed by atoms with Crippen LogP contribution in [-0.4, -0.2) is 38.1 Å². The molecule has 0 N–H and O–H groups in total. The van der Waals surface area contributed by atoms with Crippen LogP contribution in [0.4, 0.5) is 0 Å². The van der Waals surface area contributed by atoms with Gasteiger partial charge in [0.05, 0.1) is 17.0 Å². The first-order valence-corrected chi connectivity index (χ1v) is 8.18. The smallest absolute Gasteiger partial charge is 0.339 e. The lowest BCUT2D eigenvalue weighted by atomic mass is 9.96. The van der Waals surface area contributed by atoms with Crippen LogP contribution in [0.5, 0.6) is 0 Å². The predicted octanol–water partition coefficient (Wildman–Crippen LogP) is 2.61. The van der Waals surface area contributed by atoms with Crippen molar-refractivity contribution in [2.45, 2.75) is 24.6 Å². The van der Waals surface area contributed by atoms with Crippen LogP contribution in [0, 0.1) is 0 Å². The van der Waals surface area contributed by atoms with E-state index in [0.717, 1.165) is 18.4 Å². The molecule has 1 unspecified atom stereocenters. The van der Waals surface area contributed by atoms with Crippen molar-refractivity contribution in [3.05, 3.63) is 41.5 Å². The lowest BCUT2D eigenvalue weighted by Gasteiger charge is -2.18. The molecule has 0 saturated carbocycles. The van der Waals surface area contributed by atoms with Gasteiger partial charge in [-0.25, -0.2) is 14.8 Å². The average molecular weight is 376 g/mol. The quantitative estimate of drug-likeness (QED) is 0.605. The van der Waals surface area contributed by atoms with Gasteiger partial charge in [-0.05, 0) is 31.4 Å². The van der Waals surface area contributed by atoms with Crippen molar-refractivity contribution < 1.29 is 14.3 Å². The van der Waals surface area contributed by atoms with Crippen molar-refractivity contribution in [2.75, 3.05) is 6.61 Å². The van der Waals surface area contributed by atoms with E-state index < -0.39 is 5.97 Å². The molecule has 0 bridgehead atoms. The first-order chi connectivity index (χ1) is 11.1. The minimum Gasteiger partial charge on any atom is -0.462 e. The maximum absolute atomic E-state index is 12.2. The Hall–Kier alpha value is -2.15. The fourth-order valence-electron chi connectivity index (χ4n) is 2.39. The molecule has 0 fully saturated rings. The Kier molecular flexibility index (Phi) is 4.47. The van der Waals surface area contributed by atoms with Crippen LogP contribution >= 0.6 is 15.9 Å². The van der Waals surface area contributed by atoms with Gasteiger partial charge in [-0.3, -0.25) is 9.78 Å². The zero-order chi connectivity index (χ0) is 16.4. The van der Waals surface area contributed by atoms with Gasteiger partial charge in [-0.1, -0.05) is 15.9 Å². The molecule has 1 aliphatic rings. The first kappa shape index (κ1) is 15.7. The summed E-state index contributed by atoms with van der Waals surface area (Å²) < 4.78 is 4.96. The van der Waals surface area contributed by atoms with Crippen LogP contribution in [0.2, 0.25) is 0 Å². The van der Waals surface area contributed by atoms with E-state index >= 15 is 0 Å². The summed E-state index contributed by atoms with van der Waals surface area (Å²) in [5.41, 5.74) is 2.19. The molecule has 0 radical (unpaired) electrons. The topological polar surface area (TPSA) is 82.0 Å². The number of ketones is 1. The summed E-state index contributed by atoms with van der Waals surface area (Å²) in [6.45, 7) is 2.03. The molecular weight excluding hydrogens is 362 g/mol. The van der Waals surface area contributed by atoms with Gasteiger partial charge in [-0.15, -0.1) is 0 Å². The van der Waals surface area contributed by atoms with Crippen molar-refractivity contribution in [1.29, 1.82) is 0 Å². The van der Waals surface area contributed by atoms with E-state index in [1.807, 2.05) is 0 Å². The summed E-state index contributed by atoms with van der Waals surface area (Å²) in [6, 6.07) is 1.62. The van der Waals surface area contributed by atoms with Gasteiger partial charge < -0.3 is 4.74 Å². The van der Waals surface area contributed by atoms with Crippen LogP contribution < -0.4 is 0 Å². The molecular formula is C16H14BrN3O3. The molecule has 2 aromatic heterocycles. The number of carbonyl (C=O) groups excluding carboxylic acids is 2. The number of ether oxygens (including phenoxy) is 1. The van der Waals surface area contributed by atoms with Gasteiger partial charge in [0, 0.05) is 24.2 Å². The third kappa shape index (κ3) is 3.14. The summed E-state index contributed by atoms with van der Waals surface area (Å²) >= 11 is 3.37. The molecule has 1 atom stereocenters. The Bertz CT molecular complexity index is 779. The lowest BCUT2D eigenvalue weighted by Crippen LogP contribution is -2.24. The van der Waals surface area contributed by atoms with Crippen LogP contribution in [0.25, 0.3) is 11.4 Å². The molecule has 0 saturated heterocycles. The van der Waals surface area contributed by atoms with Crippen LogP contribution in [0.1, 0.15) is 39.8 Å². The number of nitrogens with zero attached hydrogens (tertiary/aromatic N) is 3. The van der Waals surface area contributed by atoms with Gasteiger partial charge in [0.2, 0.25) is 0 Å². The second kappa shape index (κ2) is 6.54. The second-order valence-corrected chi connectivity index (χ2v) is 6.23. The number of rotatable bonds is 3. The highest BCUT2D eigenvalue weighted by Crippen LogP contribution is 2.26. The number of alkyl halides is 1. The molecule has 23 heavy (non-hydrogen) atoms. The molecule has 6 nitrogen and oxygen atoms in total. The SMILES string of the molecule is CCOC(=O)c1cncc(-c2ncc3c(n2)C(=O)C(Br)CC3)c1. The van der Waals surface area contributed by atoms with E-state index in [1.165, 1.54) is 6.20 Å². The number of esters is 1. The molecule has 7 heteroatoms. The number of fused-ring (bicyclic) bond motifs is 1. The van der Waals surface area contributed by atoms with E-state index in [2.05, 4.69) is 30.9 Å². The van der Waals surface area contributed by atoms with Gasteiger partial charge in [0.15, 0.2) is 11.6 Å². The highest BCUT2D eigenvalue weighted by Gasteiger charge is 2.27. The second-order valence-electron chi connectivity index (χ2n) is 5.12. The van der Waals surface area contributed by atoms with E-state index in [9.17, 15) is 9.59 Å². The third-order valence-corrected chi connectivity index (χ3v) is 4.43. The number of aromatic nitrogens is 3. The van der Waals surface area contributed by atoms with Gasteiger partial charge in [0.1, 0.15) is 5.69 Å². The molecule has 2 aromatic rings. The molecule has 0 aliphatic heterocycles.